The van der Waals surface area contributed by atoms with Gasteiger partial charge in [0.15, 0.2) is 0 Å². The van der Waals surface area contributed by atoms with E-state index in [4.69, 9.17) is 23.2 Å². The molecule has 1 rings (SSSR count). The van der Waals surface area contributed by atoms with Crippen LogP contribution in [0.2, 0.25) is 10.0 Å². The molecule has 0 bridgehead atoms. The van der Waals surface area contributed by atoms with Gasteiger partial charge in [0.1, 0.15) is 0 Å². The van der Waals surface area contributed by atoms with E-state index in [0.717, 1.165) is 5.56 Å². The Hall–Kier alpha value is -0.330. The number of benzene rings is 1. The lowest BCUT2D eigenvalue weighted by molar-refractivity contribution is 0.564. The summed E-state index contributed by atoms with van der Waals surface area (Å²) in [6.07, 6.45) is 0. The molecule has 1 aromatic carbocycles. The molecule has 108 valence electrons. The summed E-state index contributed by atoms with van der Waals surface area (Å²) in [4.78, 5) is 0. The van der Waals surface area contributed by atoms with Crippen LogP contribution in [0.15, 0.2) is 18.2 Å². The van der Waals surface area contributed by atoms with Gasteiger partial charge in [-0.2, -0.15) is 0 Å². The van der Waals surface area contributed by atoms with Gasteiger partial charge in [-0.1, -0.05) is 36.2 Å². The zero-order valence-electron chi connectivity index (χ0n) is 10.9. The summed E-state index contributed by atoms with van der Waals surface area (Å²) >= 11 is 11.9. The van der Waals surface area contributed by atoms with E-state index in [1.165, 1.54) is 0 Å². The molecule has 1 aromatic rings. The number of rotatable bonds is 7. The average molecular weight is 325 g/mol. The molecule has 0 saturated heterocycles. The summed E-state index contributed by atoms with van der Waals surface area (Å²) in [6.45, 7) is 4.44. The van der Waals surface area contributed by atoms with E-state index in [9.17, 15) is 8.42 Å². The molecule has 0 aromatic heterocycles. The van der Waals surface area contributed by atoms with Gasteiger partial charge in [0.2, 0.25) is 10.0 Å². The molecule has 0 heterocycles. The van der Waals surface area contributed by atoms with Crippen molar-refractivity contribution >= 4 is 33.2 Å². The molecule has 7 heteroatoms. The molecular weight excluding hydrogens is 307 g/mol. The fourth-order valence-electron chi connectivity index (χ4n) is 1.66. The Bertz CT molecular complexity index is 520. The second-order valence-electron chi connectivity index (χ2n) is 4.16. The first-order valence-corrected chi connectivity index (χ1v) is 8.42. The van der Waals surface area contributed by atoms with Crippen LogP contribution in [-0.4, -0.2) is 27.3 Å². The minimum atomic E-state index is -3.19. The molecule has 0 aliphatic rings. The summed E-state index contributed by atoms with van der Waals surface area (Å²) in [5, 5.41) is 4.28. The van der Waals surface area contributed by atoms with Crippen LogP contribution in [0.3, 0.4) is 0 Å². The van der Waals surface area contributed by atoms with E-state index in [0.29, 0.717) is 23.1 Å². The van der Waals surface area contributed by atoms with Gasteiger partial charge in [0.05, 0.1) is 5.75 Å². The Kier molecular flexibility index (Phi) is 6.56. The second kappa shape index (κ2) is 7.45. The predicted octanol–water partition coefficient (Wildman–Crippen LogP) is 2.58. The van der Waals surface area contributed by atoms with Gasteiger partial charge in [0.25, 0.3) is 0 Å². The number of hydrogen-bond donors (Lipinski definition) is 2. The fourth-order valence-corrected chi connectivity index (χ4v) is 3.21. The minimum Gasteiger partial charge on any atom is -0.309 e. The molecule has 4 nitrogen and oxygen atoms in total. The highest BCUT2D eigenvalue weighted by Crippen LogP contribution is 2.25. The highest BCUT2D eigenvalue weighted by molar-refractivity contribution is 7.89. The normalized spacial score (nSPS) is 13.5. The van der Waals surface area contributed by atoms with Gasteiger partial charge >= 0.3 is 0 Å². The summed E-state index contributed by atoms with van der Waals surface area (Å²) in [5.41, 5.74) is 0.895. The van der Waals surface area contributed by atoms with Crippen molar-refractivity contribution in [3.05, 3.63) is 33.8 Å². The van der Waals surface area contributed by atoms with Crippen molar-refractivity contribution in [1.82, 2.24) is 10.0 Å². The summed E-state index contributed by atoms with van der Waals surface area (Å²) in [7, 11) is -3.19. The Balaban J connectivity index is 2.54. The zero-order chi connectivity index (χ0) is 14.5. The van der Waals surface area contributed by atoms with Crippen molar-refractivity contribution in [2.45, 2.75) is 19.9 Å². The largest absolute Gasteiger partial charge is 0.309 e. The molecular formula is C12H18Cl2N2O2S. The maximum atomic E-state index is 11.5. The van der Waals surface area contributed by atoms with Crippen LogP contribution in [-0.2, 0) is 10.0 Å². The first kappa shape index (κ1) is 16.7. The first-order valence-electron chi connectivity index (χ1n) is 6.01. The van der Waals surface area contributed by atoms with Crippen LogP contribution in [0.25, 0.3) is 0 Å². The van der Waals surface area contributed by atoms with Gasteiger partial charge in [0, 0.05) is 29.2 Å². The summed E-state index contributed by atoms with van der Waals surface area (Å²) in [6, 6.07) is 5.23. The molecule has 2 N–H and O–H groups in total. The van der Waals surface area contributed by atoms with Crippen LogP contribution in [0, 0.1) is 0 Å². The smallest absolute Gasteiger partial charge is 0.212 e. The van der Waals surface area contributed by atoms with Crippen molar-refractivity contribution in [3.8, 4) is 0 Å². The Morgan fingerprint density at radius 1 is 1.32 bits per heavy atom. The lowest BCUT2D eigenvalue weighted by atomic mass is 10.1. The molecule has 0 fully saturated rings. The third kappa shape index (κ3) is 5.67. The quantitative estimate of drug-likeness (QED) is 0.810. The van der Waals surface area contributed by atoms with Crippen LogP contribution in [0.4, 0.5) is 0 Å². The predicted molar refractivity (Wildman–Crippen MR) is 80.3 cm³/mol. The lowest BCUT2D eigenvalue weighted by Gasteiger charge is -2.16. The molecule has 0 spiro atoms. The van der Waals surface area contributed by atoms with Gasteiger partial charge < -0.3 is 5.32 Å². The van der Waals surface area contributed by atoms with E-state index < -0.39 is 10.0 Å². The van der Waals surface area contributed by atoms with Crippen molar-refractivity contribution in [3.63, 3.8) is 0 Å². The van der Waals surface area contributed by atoms with Crippen molar-refractivity contribution in [2.24, 2.45) is 0 Å². The van der Waals surface area contributed by atoms with E-state index in [1.54, 1.807) is 19.1 Å². The Labute approximate surface area is 124 Å². The molecule has 0 saturated carbocycles. The number of sulfonamides is 1. The molecule has 1 unspecified atom stereocenters. The van der Waals surface area contributed by atoms with Crippen LogP contribution in [0.1, 0.15) is 25.5 Å². The monoisotopic (exact) mass is 324 g/mol. The standard InChI is InChI=1S/C12H18Cl2N2O2S/c1-3-16-19(17,18)7-6-15-9(2)11-5-4-10(13)8-12(11)14/h4-5,8-9,15-16H,3,6-7H2,1-2H3. The van der Waals surface area contributed by atoms with Gasteiger partial charge in [-0.25, -0.2) is 13.1 Å². The maximum absolute atomic E-state index is 11.5. The molecule has 19 heavy (non-hydrogen) atoms. The molecule has 0 radical (unpaired) electrons. The molecule has 0 amide bonds. The number of hydrogen-bond acceptors (Lipinski definition) is 3. The Morgan fingerprint density at radius 2 is 2.00 bits per heavy atom. The molecule has 0 aliphatic carbocycles. The topological polar surface area (TPSA) is 58.2 Å². The summed E-state index contributed by atoms with van der Waals surface area (Å²) in [5.74, 6) is 0.0381. The van der Waals surface area contributed by atoms with E-state index in [1.807, 2.05) is 13.0 Å². The fraction of sp³-hybridized carbons (Fsp3) is 0.500. The number of nitrogens with one attached hydrogen (secondary N) is 2. The van der Waals surface area contributed by atoms with E-state index in [-0.39, 0.29) is 11.8 Å². The van der Waals surface area contributed by atoms with E-state index in [2.05, 4.69) is 10.0 Å². The minimum absolute atomic E-state index is 0.0381. The maximum Gasteiger partial charge on any atom is 0.212 e. The van der Waals surface area contributed by atoms with Crippen LogP contribution in [0.5, 0.6) is 0 Å². The SMILES string of the molecule is CCNS(=O)(=O)CCNC(C)c1ccc(Cl)cc1Cl. The number of halogens is 2. The highest BCUT2D eigenvalue weighted by atomic mass is 35.5. The van der Waals surface area contributed by atoms with Gasteiger partial charge in [-0.3, -0.25) is 0 Å². The van der Waals surface area contributed by atoms with Crippen LogP contribution < -0.4 is 10.0 Å². The van der Waals surface area contributed by atoms with E-state index >= 15 is 0 Å². The van der Waals surface area contributed by atoms with Crippen molar-refractivity contribution in [1.29, 1.82) is 0 Å². The third-order valence-corrected chi connectivity index (χ3v) is 4.65. The zero-order valence-corrected chi connectivity index (χ0v) is 13.2. The molecule has 1 atom stereocenters. The van der Waals surface area contributed by atoms with Crippen molar-refractivity contribution < 1.29 is 8.42 Å². The van der Waals surface area contributed by atoms with Gasteiger partial charge in [-0.05, 0) is 24.6 Å². The third-order valence-electron chi connectivity index (χ3n) is 2.61. The average Bonchev–Trinajstić information content (AvgIpc) is 2.28. The lowest BCUT2D eigenvalue weighted by Crippen LogP contribution is -2.32. The van der Waals surface area contributed by atoms with Gasteiger partial charge in [-0.15, -0.1) is 0 Å². The van der Waals surface area contributed by atoms with Crippen LogP contribution >= 0.6 is 23.2 Å². The first-order chi connectivity index (χ1) is 8.85. The second-order valence-corrected chi connectivity index (χ2v) is 6.93. The highest BCUT2D eigenvalue weighted by Gasteiger charge is 2.12. The van der Waals surface area contributed by atoms with Crippen molar-refractivity contribution in [2.75, 3.05) is 18.8 Å². The Morgan fingerprint density at radius 3 is 2.58 bits per heavy atom. The molecule has 0 aliphatic heterocycles. The summed E-state index contributed by atoms with van der Waals surface area (Å²) < 4.78 is 25.4.